The first-order chi connectivity index (χ1) is 10.6. The van der Waals surface area contributed by atoms with Gasteiger partial charge < -0.3 is 5.32 Å². The Kier molecular flexibility index (Phi) is 3.97. The normalized spacial score (nSPS) is 10.6. The van der Waals surface area contributed by atoms with E-state index in [2.05, 4.69) is 20.5 Å². The molecule has 0 bridgehead atoms. The van der Waals surface area contributed by atoms with Crippen LogP contribution in [0, 0.1) is 12.7 Å². The summed E-state index contributed by atoms with van der Waals surface area (Å²) in [6.45, 7) is 1.86. The second kappa shape index (κ2) is 6.07. The van der Waals surface area contributed by atoms with E-state index in [9.17, 15) is 9.18 Å². The van der Waals surface area contributed by atoms with Gasteiger partial charge in [-0.15, -0.1) is 11.3 Å². The van der Waals surface area contributed by atoms with Gasteiger partial charge in [-0.05, 0) is 24.6 Å². The highest BCUT2D eigenvalue weighted by molar-refractivity contribution is 7.13. The molecule has 5 nitrogen and oxygen atoms in total. The highest BCUT2D eigenvalue weighted by Gasteiger charge is 2.12. The predicted molar refractivity (Wildman–Crippen MR) is 82.6 cm³/mol. The van der Waals surface area contributed by atoms with E-state index in [1.807, 2.05) is 6.92 Å². The molecule has 3 rings (SSSR count). The molecule has 1 amide bonds. The topological polar surface area (TPSA) is 70.7 Å². The molecule has 0 spiro atoms. The van der Waals surface area contributed by atoms with Crippen molar-refractivity contribution in [1.82, 2.24) is 15.2 Å². The zero-order chi connectivity index (χ0) is 15.5. The number of carbonyl (C=O) groups excluding carboxylic acids is 1. The standard InChI is InChI=1S/C15H13FN4OS/c1-9-6-13(20-19-9)18-15(21)12-8-17-14(22-12)7-10-2-4-11(16)5-3-10/h2-6,8H,7H2,1H3,(H2,18,19,20,21). The van der Waals surface area contributed by atoms with Crippen LogP contribution >= 0.6 is 11.3 Å². The number of halogens is 1. The van der Waals surface area contributed by atoms with Crippen molar-refractivity contribution in [3.63, 3.8) is 0 Å². The lowest BCUT2D eigenvalue weighted by atomic mass is 10.2. The summed E-state index contributed by atoms with van der Waals surface area (Å²) >= 11 is 1.31. The average Bonchev–Trinajstić information content (AvgIpc) is 3.11. The molecule has 1 aromatic carbocycles. The molecular weight excluding hydrogens is 303 g/mol. The van der Waals surface area contributed by atoms with Crippen molar-refractivity contribution in [3.8, 4) is 0 Å². The van der Waals surface area contributed by atoms with Crippen molar-refractivity contribution in [2.45, 2.75) is 13.3 Å². The van der Waals surface area contributed by atoms with Gasteiger partial charge in [0.25, 0.3) is 5.91 Å². The summed E-state index contributed by atoms with van der Waals surface area (Å²) in [7, 11) is 0. The van der Waals surface area contributed by atoms with Gasteiger partial charge in [0.1, 0.15) is 10.7 Å². The van der Waals surface area contributed by atoms with Gasteiger partial charge in [-0.2, -0.15) is 5.10 Å². The van der Waals surface area contributed by atoms with Gasteiger partial charge >= 0.3 is 0 Å². The molecule has 0 fully saturated rings. The molecule has 112 valence electrons. The molecule has 0 radical (unpaired) electrons. The van der Waals surface area contributed by atoms with E-state index < -0.39 is 0 Å². The van der Waals surface area contributed by atoms with E-state index in [-0.39, 0.29) is 11.7 Å². The minimum Gasteiger partial charge on any atom is -0.304 e. The average molecular weight is 316 g/mol. The molecule has 0 saturated carbocycles. The van der Waals surface area contributed by atoms with Gasteiger partial charge in [-0.25, -0.2) is 9.37 Å². The zero-order valence-corrected chi connectivity index (χ0v) is 12.6. The summed E-state index contributed by atoms with van der Waals surface area (Å²) in [6.07, 6.45) is 2.11. The van der Waals surface area contributed by atoms with Gasteiger partial charge in [-0.3, -0.25) is 9.89 Å². The number of nitrogens with zero attached hydrogens (tertiary/aromatic N) is 2. The first kappa shape index (κ1) is 14.4. The summed E-state index contributed by atoms with van der Waals surface area (Å²) in [4.78, 5) is 16.8. The SMILES string of the molecule is Cc1cc(NC(=O)c2cnc(Cc3ccc(F)cc3)s2)n[nH]1. The van der Waals surface area contributed by atoms with Crippen molar-refractivity contribution < 1.29 is 9.18 Å². The number of thiazole rings is 1. The minimum atomic E-state index is -0.266. The quantitative estimate of drug-likeness (QED) is 0.776. The number of nitrogens with one attached hydrogen (secondary N) is 2. The fourth-order valence-corrected chi connectivity index (χ4v) is 2.78. The zero-order valence-electron chi connectivity index (χ0n) is 11.8. The summed E-state index contributed by atoms with van der Waals surface area (Å²) < 4.78 is 12.9. The molecular formula is C15H13FN4OS. The van der Waals surface area contributed by atoms with E-state index in [1.54, 1.807) is 24.4 Å². The van der Waals surface area contributed by atoms with E-state index in [0.29, 0.717) is 17.1 Å². The van der Waals surface area contributed by atoms with Crippen LogP contribution in [0.25, 0.3) is 0 Å². The molecule has 7 heteroatoms. The predicted octanol–water partition coefficient (Wildman–Crippen LogP) is 3.16. The first-order valence-electron chi connectivity index (χ1n) is 6.62. The van der Waals surface area contributed by atoms with Crippen molar-refractivity contribution in [1.29, 1.82) is 0 Å². The third kappa shape index (κ3) is 3.37. The van der Waals surface area contributed by atoms with E-state index in [1.165, 1.54) is 23.5 Å². The van der Waals surface area contributed by atoms with Gasteiger partial charge in [0, 0.05) is 18.2 Å². The van der Waals surface area contributed by atoms with Gasteiger partial charge in [-0.1, -0.05) is 12.1 Å². The summed E-state index contributed by atoms with van der Waals surface area (Å²) in [5.41, 5.74) is 1.82. The number of anilines is 1. The number of aromatic amines is 1. The van der Waals surface area contributed by atoms with E-state index in [4.69, 9.17) is 0 Å². The molecule has 0 saturated heterocycles. The third-order valence-corrected chi connectivity index (χ3v) is 3.99. The largest absolute Gasteiger partial charge is 0.304 e. The van der Waals surface area contributed by atoms with E-state index >= 15 is 0 Å². The Balaban J connectivity index is 1.67. The second-order valence-electron chi connectivity index (χ2n) is 4.81. The molecule has 0 unspecified atom stereocenters. The Bertz CT molecular complexity index is 794. The van der Waals surface area contributed by atoms with Crippen molar-refractivity contribution >= 4 is 23.1 Å². The number of amides is 1. The molecule has 0 aliphatic rings. The molecule has 2 aromatic heterocycles. The van der Waals surface area contributed by atoms with Crippen LogP contribution in [0.5, 0.6) is 0 Å². The van der Waals surface area contributed by atoms with Gasteiger partial charge in [0.15, 0.2) is 5.82 Å². The number of benzene rings is 1. The molecule has 2 N–H and O–H groups in total. The fraction of sp³-hybridized carbons (Fsp3) is 0.133. The van der Waals surface area contributed by atoms with Crippen molar-refractivity contribution in [2.75, 3.05) is 5.32 Å². The molecule has 0 aliphatic heterocycles. The highest BCUT2D eigenvalue weighted by atomic mass is 32.1. The number of hydrogen-bond donors (Lipinski definition) is 2. The monoisotopic (exact) mass is 316 g/mol. The Labute approximate surface area is 130 Å². The van der Waals surface area contributed by atoms with Crippen LogP contribution in [0.1, 0.15) is 25.9 Å². The lowest BCUT2D eigenvalue weighted by molar-refractivity contribution is 0.103. The minimum absolute atomic E-state index is 0.241. The van der Waals surface area contributed by atoms with E-state index in [0.717, 1.165) is 16.3 Å². The molecule has 0 atom stereocenters. The Hall–Kier alpha value is -2.54. The molecule has 0 aliphatic carbocycles. The maximum Gasteiger partial charge on any atom is 0.268 e. The van der Waals surface area contributed by atoms with Crippen LogP contribution < -0.4 is 5.32 Å². The van der Waals surface area contributed by atoms with Crippen LogP contribution in [0.3, 0.4) is 0 Å². The molecule has 2 heterocycles. The van der Waals surface area contributed by atoms with Crippen LogP contribution in [0.15, 0.2) is 36.5 Å². The lowest BCUT2D eigenvalue weighted by Gasteiger charge is -1.98. The second-order valence-corrected chi connectivity index (χ2v) is 5.93. The number of aromatic nitrogens is 3. The summed E-state index contributed by atoms with van der Waals surface area (Å²) in [5, 5.41) is 10.2. The Morgan fingerprint density at radius 2 is 2.14 bits per heavy atom. The van der Waals surface area contributed by atoms with Crippen LogP contribution in [-0.4, -0.2) is 21.1 Å². The molecule has 22 heavy (non-hydrogen) atoms. The number of hydrogen-bond acceptors (Lipinski definition) is 4. The van der Waals surface area contributed by atoms with Crippen molar-refractivity contribution in [3.05, 3.63) is 63.5 Å². The smallest absolute Gasteiger partial charge is 0.268 e. The number of carbonyl (C=O) groups is 1. The Morgan fingerprint density at radius 1 is 1.36 bits per heavy atom. The highest BCUT2D eigenvalue weighted by Crippen LogP contribution is 2.18. The maximum atomic E-state index is 12.9. The van der Waals surface area contributed by atoms with Gasteiger partial charge in [0.2, 0.25) is 0 Å². The lowest BCUT2D eigenvalue weighted by Crippen LogP contribution is -2.10. The van der Waals surface area contributed by atoms with Crippen molar-refractivity contribution in [2.24, 2.45) is 0 Å². The summed E-state index contributed by atoms with van der Waals surface area (Å²) in [5.74, 6) is -0.0254. The van der Waals surface area contributed by atoms with Gasteiger partial charge in [0.05, 0.1) is 11.2 Å². The fourth-order valence-electron chi connectivity index (χ4n) is 1.93. The van der Waals surface area contributed by atoms with Crippen LogP contribution in [0.2, 0.25) is 0 Å². The Morgan fingerprint density at radius 3 is 2.82 bits per heavy atom. The first-order valence-corrected chi connectivity index (χ1v) is 7.44. The number of H-pyrrole nitrogens is 1. The molecule has 3 aromatic rings. The maximum absolute atomic E-state index is 12.9. The summed E-state index contributed by atoms with van der Waals surface area (Å²) in [6, 6.07) is 8.00. The number of rotatable bonds is 4. The van der Waals surface area contributed by atoms with Crippen LogP contribution in [-0.2, 0) is 6.42 Å². The number of aryl methyl sites for hydroxylation is 1. The van der Waals surface area contributed by atoms with Crippen LogP contribution in [0.4, 0.5) is 10.2 Å². The third-order valence-electron chi connectivity index (χ3n) is 2.99.